The second-order valence-electron chi connectivity index (χ2n) is 7.87. The molecule has 0 aliphatic rings. The van der Waals surface area contributed by atoms with E-state index in [4.69, 9.17) is 4.74 Å². The summed E-state index contributed by atoms with van der Waals surface area (Å²) >= 11 is 0. The molecule has 0 aliphatic heterocycles. The highest BCUT2D eigenvalue weighted by Crippen LogP contribution is 2.26. The monoisotopic (exact) mass is 462 g/mol. The Hall–Kier alpha value is -3.86. The molecule has 3 aromatic heterocycles. The van der Waals surface area contributed by atoms with Crippen LogP contribution in [0.5, 0.6) is 0 Å². The Morgan fingerprint density at radius 2 is 1.94 bits per heavy atom. The van der Waals surface area contributed by atoms with Crippen molar-refractivity contribution in [2.45, 2.75) is 19.3 Å². The molecule has 3 N–H and O–H groups in total. The predicted octanol–water partition coefficient (Wildman–Crippen LogP) is 2.88. The summed E-state index contributed by atoms with van der Waals surface area (Å²) in [5.41, 5.74) is 4.13. The Kier molecular flexibility index (Phi) is 6.17. The number of anilines is 2. The standard InChI is InChI=1S/C24H23FN6O3/c25-19-3-1-2-16(8-19)11-31-22-5-4-20(9-18(22)10-27-31)29-24-23-17(14-34-21(12-32)13-33)6-7-30(23)28-15-26-24/h1-10,15,21,32-33H,11-14H2,(H,26,28,29). The molecule has 0 spiro atoms. The number of hydrogen-bond acceptors (Lipinski definition) is 7. The lowest BCUT2D eigenvalue weighted by atomic mass is 10.2. The number of hydrogen-bond donors (Lipinski definition) is 3. The fourth-order valence-corrected chi connectivity index (χ4v) is 3.83. The zero-order valence-electron chi connectivity index (χ0n) is 18.2. The van der Waals surface area contributed by atoms with Crippen LogP contribution in [-0.2, 0) is 17.9 Å². The number of aliphatic hydroxyl groups is 2. The molecule has 2 aromatic carbocycles. The van der Waals surface area contributed by atoms with Crippen molar-refractivity contribution in [1.82, 2.24) is 24.4 Å². The highest BCUT2D eigenvalue weighted by molar-refractivity contribution is 5.85. The van der Waals surface area contributed by atoms with Crippen LogP contribution in [0.15, 0.2) is 67.3 Å². The van der Waals surface area contributed by atoms with E-state index in [1.165, 1.54) is 18.5 Å². The van der Waals surface area contributed by atoms with Gasteiger partial charge >= 0.3 is 0 Å². The zero-order valence-corrected chi connectivity index (χ0v) is 18.2. The van der Waals surface area contributed by atoms with E-state index in [1.54, 1.807) is 23.0 Å². The molecular weight excluding hydrogens is 439 g/mol. The van der Waals surface area contributed by atoms with Gasteiger partial charge in [0, 0.05) is 22.8 Å². The van der Waals surface area contributed by atoms with Crippen LogP contribution in [0.1, 0.15) is 11.1 Å². The molecule has 0 saturated carbocycles. The SMILES string of the molecule is OCC(CO)OCc1ccn2ncnc(Nc3ccc4c(cnn4Cc4cccc(F)c4)c3)c12. The molecule has 3 heterocycles. The molecule has 5 aromatic rings. The number of fused-ring (bicyclic) bond motifs is 2. The van der Waals surface area contributed by atoms with Crippen LogP contribution < -0.4 is 5.32 Å². The number of halogens is 1. The van der Waals surface area contributed by atoms with E-state index in [1.807, 2.05) is 35.0 Å². The van der Waals surface area contributed by atoms with Gasteiger partial charge in [-0.1, -0.05) is 12.1 Å². The van der Waals surface area contributed by atoms with Crippen molar-refractivity contribution < 1.29 is 19.3 Å². The summed E-state index contributed by atoms with van der Waals surface area (Å²) in [7, 11) is 0. The maximum absolute atomic E-state index is 13.5. The molecular formula is C24H23FN6O3. The van der Waals surface area contributed by atoms with E-state index in [9.17, 15) is 14.6 Å². The number of nitrogens with one attached hydrogen (secondary N) is 1. The second-order valence-corrected chi connectivity index (χ2v) is 7.87. The minimum atomic E-state index is -0.651. The lowest BCUT2D eigenvalue weighted by molar-refractivity contribution is -0.0281. The van der Waals surface area contributed by atoms with Crippen LogP contribution in [0.25, 0.3) is 16.4 Å². The first-order chi connectivity index (χ1) is 16.6. The molecule has 0 amide bonds. The van der Waals surface area contributed by atoms with Crippen LogP contribution in [0.2, 0.25) is 0 Å². The zero-order chi connectivity index (χ0) is 23.5. The molecule has 0 radical (unpaired) electrons. The third-order valence-electron chi connectivity index (χ3n) is 5.55. The molecule has 0 fully saturated rings. The first-order valence-corrected chi connectivity index (χ1v) is 10.8. The van der Waals surface area contributed by atoms with Gasteiger partial charge in [-0.25, -0.2) is 13.9 Å². The lowest BCUT2D eigenvalue weighted by Gasteiger charge is -2.13. The molecule has 9 nitrogen and oxygen atoms in total. The van der Waals surface area contributed by atoms with Gasteiger partial charge in [0.2, 0.25) is 0 Å². The smallest absolute Gasteiger partial charge is 0.158 e. The summed E-state index contributed by atoms with van der Waals surface area (Å²) < 4.78 is 22.6. The van der Waals surface area contributed by atoms with E-state index in [2.05, 4.69) is 20.5 Å². The van der Waals surface area contributed by atoms with Crippen molar-refractivity contribution in [2.75, 3.05) is 18.5 Å². The largest absolute Gasteiger partial charge is 0.394 e. The van der Waals surface area contributed by atoms with E-state index >= 15 is 0 Å². The number of rotatable bonds is 9. The predicted molar refractivity (Wildman–Crippen MR) is 124 cm³/mol. The van der Waals surface area contributed by atoms with Crippen LogP contribution in [-0.4, -0.2) is 53.9 Å². The van der Waals surface area contributed by atoms with E-state index in [-0.39, 0.29) is 25.6 Å². The van der Waals surface area contributed by atoms with Crippen molar-refractivity contribution in [3.63, 3.8) is 0 Å². The Balaban J connectivity index is 1.40. The summed E-state index contributed by atoms with van der Waals surface area (Å²) in [6.45, 7) is 0.126. The minimum absolute atomic E-state index is 0.191. The molecule has 0 aliphatic carbocycles. The van der Waals surface area contributed by atoms with E-state index < -0.39 is 6.10 Å². The second kappa shape index (κ2) is 9.56. The molecule has 174 valence electrons. The van der Waals surface area contributed by atoms with Crippen molar-refractivity contribution in [3.05, 3.63) is 84.2 Å². The highest BCUT2D eigenvalue weighted by atomic mass is 19.1. The third kappa shape index (κ3) is 4.46. The normalized spacial score (nSPS) is 11.6. The summed E-state index contributed by atoms with van der Waals surface area (Å²) in [5.74, 6) is 0.324. The fourth-order valence-electron chi connectivity index (χ4n) is 3.83. The minimum Gasteiger partial charge on any atom is -0.394 e. The van der Waals surface area contributed by atoms with Gasteiger partial charge in [0.1, 0.15) is 23.8 Å². The molecule has 10 heteroatoms. The molecule has 0 bridgehead atoms. The molecule has 0 unspecified atom stereocenters. The first kappa shape index (κ1) is 22.0. The third-order valence-corrected chi connectivity index (χ3v) is 5.55. The van der Waals surface area contributed by atoms with Gasteiger partial charge in [-0.05, 0) is 42.0 Å². The quantitative estimate of drug-likeness (QED) is 0.309. The van der Waals surface area contributed by atoms with Crippen LogP contribution in [0.4, 0.5) is 15.9 Å². The average Bonchev–Trinajstić information content (AvgIpc) is 3.44. The van der Waals surface area contributed by atoms with Gasteiger partial charge < -0.3 is 20.3 Å². The molecule has 34 heavy (non-hydrogen) atoms. The maximum Gasteiger partial charge on any atom is 0.158 e. The van der Waals surface area contributed by atoms with Crippen molar-refractivity contribution in [2.24, 2.45) is 0 Å². The summed E-state index contributed by atoms with van der Waals surface area (Å²) in [6.07, 6.45) is 4.38. The van der Waals surface area contributed by atoms with Crippen LogP contribution >= 0.6 is 0 Å². The van der Waals surface area contributed by atoms with Crippen molar-refractivity contribution >= 4 is 27.9 Å². The summed E-state index contributed by atoms with van der Waals surface area (Å²) in [5, 5.41) is 31.5. The molecule has 0 saturated heterocycles. The van der Waals surface area contributed by atoms with Gasteiger partial charge in [-0.3, -0.25) is 4.68 Å². The van der Waals surface area contributed by atoms with Crippen molar-refractivity contribution in [3.8, 4) is 0 Å². The number of benzene rings is 2. The van der Waals surface area contributed by atoms with Crippen LogP contribution in [0, 0.1) is 5.82 Å². The summed E-state index contributed by atoms with van der Waals surface area (Å²) in [4.78, 5) is 4.40. The van der Waals surface area contributed by atoms with Crippen LogP contribution in [0.3, 0.4) is 0 Å². The van der Waals surface area contributed by atoms with Gasteiger partial charge in [-0.2, -0.15) is 10.2 Å². The number of aliphatic hydroxyl groups excluding tert-OH is 2. The average molecular weight is 462 g/mol. The topological polar surface area (TPSA) is 110 Å². The number of nitrogens with zero attached hydrogens (tertiary/aromatic N) is 5. The number of ether oxygens (including phenoxy) is 1. The Morgan fingerprint density at radius 3 is 2.76 bits per heavy atom. The van der Waals surface area contributed by atoms with Crippen molar-refractivity contribution in [1.29, 1.82) is 0 Å². The van der Waals surface area contributed by atoms with Gasteiger partial charge in [0.05, 0.1) is 38.1 Å². The van der Waals surface area contributed by atoms with E-state index in [0.717, 1.165) is 33.2 Å². The first-order valence-electron chi connectivity index (χ1n) is 10.8. The molecule has 0 atom stereocenters. The highest BCUT2D eigenvalue weighted by Gasteiger charge is 2.14. The Morgan fingerprint density at radius 1 is 1.06 bits per heavy atom. The molecule has 5 rings (SSSR count). The Bertz CT molecular complexity index is 1430. The fraction of sp³-hybridized carbons (Fsp3) is 0.208. The lowest BCUT2D eigenvalue weighted by Crippen LogP contribution is -2.21. The maximum atomic E-state index is 13.5. The van der Waals surface area contributed by atoms with E-state index in [0.29, 0.717) is 12.4 Å². The van der Waals surface area contributed by atoms with Gasteiger partial charge in [-0.15, -0.1) is 0 Å². The summed E-state index contributed by atoms with van der Waals surface area (Å²) in [6, 6.07) is 14.2. The van der Waals surface area contributed by atoms with Gasteiger partial charge in [0.15, 0.2) is 5.82 Å². The number of aromatic nitrogens is 5. The Labute approximate surface area is 194 Å². The van der Waals surface area contributed by atoms with Gasteiger partial charge in [0.25, 0.3) is 0 Å².